The zero-order valence-corrected chi connectivity index (χ0v) is 12.5. The Morgan fingerprint density at radius 3 is 2.19 bits per heavy atom. The van der Waals surface area contributed by atoms with Gasteiger partial charge in [0.05, 0.1) is 0 Å². The SMILES string of the molecule is c1ccc(-c2cccc3c2[P@](c2ccccc2)CO3)cc1. The summed E-state index contributed by atoms with van der Waals surface area (Å²) >= 11 is 0. The molecular weight excluding hydrogens is 275 g/mol. The van der Waals surface area contributed by atoms with Gasteiger partial charge in [-0.3, -0.25) is 0 Å². The van der Waals surface area contributed by atoms with Crippen molar-refractivity contribution in [3.63, 3.8) is 0 Å². The minimum atomic E-state index is -0.423. The maximum atomic E-state index is 5.96. The Kier molecular flexibility index (Phi) is 3.21. The second-order valence-electron chi connectivity index (χ2n) is 5.06. The molecular formula is C19H15OP. The summed E-state index contributed by atoms with van der Waals surface area (Å²) in [5, 5.41) is 2.76. The highest BCUT2D eigenvalue weighted by Crippen LogP contribution is 2.45. The molecule has 0 saturated carbocycles. The quantitative estimate of drug-likeness (QED) is 0.645. The summed E-state index contributed by atoms with van der Waals surface area (Å²) in [5.41, 5.74) is 2.57. The third-order valence-electron chi connectivity index (χ3n) is 3.77. The Labute approximate surface area is 126 Å². The summed E-state index contributed by atoms with van der Waals surface area (Å²) in [6, 6.07) is 27.7. The number of hydrogen-bond acceptors (Lipinski definition) is 1. The summed E-state index contributed by atoms with van der Waals surface area (Å²) in [6.07, 6.45) is 0.790. The highest BCUT2D eigenvalue weighted by atomic mass is 31.1. The first-order valence-electron chi connectivity index (χ1n) is 7.07. The first-order chi connectivity index (χ1) is 10.4. The van der Waals surface area contributed by atoms with Gasteiger partial charge in [-0.15, -0.1) is 0 Å². The van der Waals surface area contributed by atoms with Crippen molar-refractivity contribution in [3.05, 3.63) is 78.9 Å². The smallest absolute Gasteiger partial charge is 0.128 e. The molecule has 1 atom stereocenters. The minimum absolute atomic E-state index is 0.423. The molecule has 0 radical (unpaired) electrons. The topological polar surface area (TPSA) is 9.23 Å². The van der Waals surface area contributed by atoms with Crippen LogP contribution in [-0.2, 0) is 0 Å². The monoisotopic (exact) mass is 290 g/mol. The predicted molar refractivity (Wildman–Crippen MR) is 90.0 cm³/mol. The molecule has 3 aromatic carbocycles. The van der Waals surface area contributed by atoms with Crippen molar-refractivity contribution < 1.29 is 4.74 Å². The van der Waals surface area contributed by atoms with E-state index in [1.807, 2.05) is 0 Å². The van der Waals surface area contributed by atoms with Gasteiger partial charge < -0.3 is 4.74 Å². The van der Waals surface area contributed by atoms with Crippen molar-refractivity contribution in [3.8, 4) is 16.9 Å². The highest BCUT2D eigenvalue weighted by Gasteiger charge is 2.28. The van der Waals surface area contributed by atoms with Gasteiger partial charge in [0.25, 0.3) is 0 Å². The van der Waals surface area contributed by atoms with Crippen molar-refractivity contribution in [1.82, 2.24) is 0 Å². The summed E-state index contributed by atoms with van der Waals surface area (Å²) in [7, 11) is -0.423. The lowest BCUT2D eigenvalue weighted by Crippen LogP contribution is -2.11. The Morgan fingerprint density at radius 2 is 1.43 bits per heavy atom. The maximum Gasteiger partial charge on any atom is 0.128 e. The molecule has 0 bridgehead atoms. The first-order valence-corrected chi connectivity index (χ1v) is 8.60. The van der Waals surface area contributed by atoms with Crippen LogP contribution in [0.15, 0.2) is 78.9 Å². The summed E-state index contributed by atoms with van der Waals surface area (Å²) < 4.78 is 5.96. The van der Waals surface area contributed by atoms with Crippen LogP contribution < -0.4 is 15.3 Å². The van der Waals surface area contributed by atoms with Crippen LogP contribution >= 0.6 is 7.92 Å². The lowest BCUT2D eigenvalue weighted by molar-refractivity contribution is 0.403. The van der Waals surface area contributed by atoms with Crippen molar-refractivity contribution in [2.75, 3.05) is 6.35 Å². The molecule has 0 aromatic heterocycles. The molecule has 0 aliphatic carbocycles. The molecule has 1 aliphatic rings. The third-order valence-corrected chi connectivity index (χ3v) is 6.08. The van der Waals surface area contributed by atoms with E-state index in [0.29, 0.717) is 0 Å². The fourth-order valence-electron chi connectivity index (χ4n) is 2.78. The van der Waals surface area contributed by atoms with Gasteiger partial charge in [-0.2, -0.15) is 0 Å². The lowest BCUT2D eigenvalue weighted by atomic mass is 10.1. The number of hydrogen-bond donors (Lipinski definition) is 0. The molecule has 4 rings (SSSR count). The molecule has 0 fully saturated rings. The van der Waals surface area contributed by atoms with E-state index in [2.05, 4.69) is 78.9 Å². The van der Waals surface area contributed by atoms with E-state index >= 15 is 0 Å². The van der Waals surface area contributed by atoms with E-state index in [4.69, 9.17) is 4.74 Å². The molecule has 2 heteroatoms. The highest BCUT2D eigenvalue weighted by molar-refractivity contribution is 7.73. The summed E-state index contributed by atoms with van der Waals surface area (Å²) in [4.78, 5) is 0. The maximum absolute atomic E-state index is 5.96. The van der Waals surface area contributed by atoms with E-state index in [0.717, 1.165) is 12.1 Å². The van der Waals surface area contributed by atoms with Crippen LogP contribution in [0, 0.1) is 0 Å². The molecule has 1 aliphatic heterocycles. The van der Waals surface area contributed by atoms with Gasteiger partial charge in [0.15, 0.2) is 0 Å². The van der Waals surface area contributed by atoms with Crippen molar-refractivity contribution in [2.24, 2.45) is 0 Å². The summed E-state index contributed by atoms with van der Waals surface area (Å²) in [5.74, 6) is 1.05. The van der Waals surface area contributed by atoms with E-state index in [-0.39, 0.29) is 0 Å². The second-order valence-corrected chi connectivity index (χ2v) is 7.13. The number of benzene rings is 3. The average molecular weight is 290 g/mol. The fourth-order valence-corrected chi connectivity index (χ4v) is 5.01. The normalized spacial score (nSPS) is 16.3. The number of rotatable bonds is 2. The molecule has 0 saturated heterocycles. The molecule has 0 unspecified atom stereocenters. The van der Waals surface area contributed by atoms with Gasteiger partial charge in [-0.05, 0) is 30.4 Å². The Balaban J connectivity index is 1.88. The van der Waals surface area contributed by atoms with E-state index < -0.39 is 7.92 Å². The van der Waals surface area contributed by atoms with Crippen LogP contribution in [0.5, 0.6) is 5.75 Å². The molecule has 21 heavy (non-hydrogen) atoms. The Bertz CT molecular complexity index is 753. The fraction of sp³-hybridized carbons (Fsp3) is 0.0526. The number of fused-ring (bicyclic) bond motifs is 1. The minimum Gasteiger partial charge on any atom is -0.488 e. The Hall–Kier alpha value is -2.11. The molecule has 1 heterocycles. The zero-order chi connectivity index (χ0) is 14.1. The Morgan fingerprint density at radius 1 is 0.714 bits per heavy atom. The largest absolute Gasteiger partial charge is 0.488 e. The average Bonchev–Trinajstić information content (AvgIpc) is 3.00. The molecule has 3 aromatic rings. The van der Waals surface area contributed by atoms with Gasteiger partial charge in [0.2, 0.25) is 0 Å². The third kappa shape index (κ3) is 2.24. The van der Waals surface area contributed by atoms with Crippen molar-refractivity contribution >= 4 is 18.5 Å². The van der Waals surface area contributed by atoms with Gasteiger partial charge in [-0.1, -0.05) is 72.8 Å². The van der Waals surface area contributed by atoms with Crippen LogP contribution in [-0.4, -0.2) is 6.35 Å². The van der Waals surface area contributed by atoms with Crippen LogP contribution in [0.1, 0.15) is 0 Å². The van der Waals surface area contributed by atoms with Crippen LogP contribution in [0.25, 0.3) is 11.1 Å². The van der Waals surface area contributed by atoms with Crippen molar-refractivity contribution in [2.45, 2.75) is 0 Å². The standard InChI is InChI=1S/C19H15OP/c1-3-8-15(9-4-1)17-12-7-13-18-19(17)21(14-20-18)16-10-5-2-6-11-16/h1-13H,14H2/t21-/m0/s1. The second kappa shape index (κ2) is 5.35. The van der Waals surface area contributed by atoms with E-state index in [1.165, 1.54) is 21.7 Å². The van der Waals surface area contributed by atoms with Crippen LogP contribution in [0.3, 0.4) is 0 Å². The molecule has 0 amide bonds. The van der Waals surface area contributed by atoms with Crippen molar-refractivity contribution in [1.29, 1.82) is 0 Å². The van der Waals surface area contributed by atoms with Gasteiger partial charge in [0.1, 0.15) is 12.1 Å². The van der Waals surface area contributed by atoms with Crippen LogP contribution in [0.2, 0.25) is 0 Å². The molecule has 102 valence electrons. The van der Waals surface area contributed by atoms with Crippen LogP contribution in [0.4, 0.5) is 0 Å². The molecule has 0 spiro atoms. The molecule has 1 nitrogen and oxygen atoms in total. The summed E-state index contributed by atoms with van der Waals surface area (Å²) in [6.45, 7) is 0. The molecule has 0 N–H and O–H groups in total. The van der Waals surface area contributed by atoms with E-state index in [1.54, 1.807) is 0 Å². The van der Waals surface area contributed by atoms with Gasteiger partial charge in [0, 0.05) is 5.30 Å². The zero-order valence-electron chi connectivity index (χ0n) is 11.6. The predicted octanol–water partition coefficient (Wildman–Crippen LogP) is 4.14. The van der Waals surface area contributed by atoms with Gasteiger partial charge in [-0.25, -0.2) is 0 Å². The van der Waals surface area contributed by atoms with Gasteiger partial charge >= 0.3 is 0 Å². The number of ether oxygens (including phenoxy) is 1. The lowest BCUT2D eigenvalue weighted by Gasteiger charge is -2.14. The van der Waals surface area contributed by atoms with E-state index in [9.17, 15) is 0 Å². The first kappa shape index (κ1) is 12.6.